The van der Waals surface area contributed by atoms with E-state index in [4.69, 9.17) is 5.73 Å². The predicted molar refractivity (Wildman–Crippen MR) is 53.5 cm³/mol. The molecule has 1 heterocycles. The van der Waals surface area contributed by atoms with Gasteiger partial charge in [-0.3, -0.25) is 15.3 Å². The first-order chi connectivity index (χ1) is 7.19. The number of oxime groups is 1. The summed E-state index contributed by atoms with van der Waals surface area (Å²) in [5, 5.41) is 7.52. The minimum absolute atomic E-state index is 0.200. The van der Waals surface area contributed by atoms with Crippen molar-refractivity contribution in [2.75, 3.05) is 12.4 Å². The van der Waals surface area contributed by atoms with Gasteiger partial charge in [0.1, 0.15) is 12.8 Å². The van der Waals surface area contributed by atoms with Crippen LogP contribution in [0.2, 0.25) is 0 Å². The maximum Gasteiger partial charge on any atom is 0.294 e. The SMILES string of the molecule is CON=C(C([NH])=O)c1csc(NC=O)n1. The Kier molecular flexibility index (Phi) is 3.75. The quantitative estimate of drug-likeness (QED) is 0.429. The highest BCUT2D eigenvalue weighted by atomic mass is 32.1. The van der Waals surface area contributed by atoms with Gasteiger partial charge < -0.3 is 10.2 Å². The van der Waals surface area contributed by atoms with Crippen LogP contribution in [0.3, 0.4) is 0 Å². The van der Waals surface area contributed by atoms with Gasteiger partial charge in [-0.25, -0.2) is 4.98 Å². The Balaban J connectivity index is 2.97. The van der Waals surface area contributed by atoms with E-state index in [0.29, 0.717) is 11.5 Å². The van der Waals surface area contributed by atoms with Crippen molar-refractivity contribution < 1.29 is 14.4 Å². The van der Waals surface area contributed by atoms with Gasteiger partial charge in [-0.15, -0.1) is 11.3 Å². The second kappa shape index (κ2) is 5.05. The molecular formula is C7H7N4O3S. The van der Waals surface area contributed by atoms with Crippen LogP contribution in [0, 0.1) is 0 Å². The summed E-state index contributed by atoms with van der Waals surface area (Å²) >= 11 is 1.12. The zero-order chi connectivity index (χ0) is 11.3. The normalized spacial score (nSPS) is 10.9. The van der Waals surface area contributed by atoms with Gasteiger partial charge in [-0.05, 0) is 0 Å². The standard InChI is InChI=1S/C7H7N4O3S/c1-14-11-5(6(8)13)4-2-15-7(10-4)9-3-12/h2-3,8H,1H3,(H,9,10,12). The molecule has 0 aliphatic heterocycles. The van der Waals surface area contributed by atoms with Gasteiger partial charge in [0.2, 0.25) is 6.41 Å². The lowest BCUT2D eigenvalue weighted by Gasteiger charge is -1.95. The molecule has 0 aliphatic rings. The van der Waals surface area contributed by atoms with Crippen molar-refractivity contribution in [2.45, 2.75) is 0 Å². The van der Waals surface area contributed by atoms with Gasteiger partial charge in [0.05, 0.1) is 0 Å². The second-order valence-corrected chi connectivity index (χ2v) is 3.11. The van der Waals surface area contributed by atoms with Crippen LogP contribution in [0.4, 0.5) is 5.13 Å². The molecule has 7 nitrogen and oxygen atoms in total. The number of anilines is 1. The van der Waals surface area contributed by atoms with E-state index < -0.39 is 5.91 Å². The number of carbonyl (C=O) groups excluding carboxylic acids is 2. The maximum atomic E-state index is 10.8. The van der Waals surface area contributed by atoms with E-state index in [0.717, 1.165) is 11.3 Å². The number of rotatable bonds is 5. The lowest BCUT2D eigenvalue weighted by molar-refractivity contribution is -0.112. The largest absolute Gasteiger partial charge is 0.398 e. The van der Waals surface area contributed by atoms with E-state index in [1.807, 2.05) is 0 Å². The van der Waals surface area contributed by atoms with Crippen LogP contribution in [-0.4, -0.2) is 30.1 Å². The Morgan fingerprint density at radius 3 is 3.07 bits per heavy atom. The lowest BCUT2D eigenvalue weighted by Crippen LogP contribution is -2.17. The summed E-state index contributed by atoms with van der Waals surface area (Å²) in [4.78, 5) is 29.2. The number of amides is 2. The van der Waals surface area contributed by atoms with Gasteiger partial charge in [-0.1, -0.05) is 5.16 Å². The molecule has 8 heteroatoms. The average molecular weight is 227 g/mol. The van der Waals surface area contributed by atoms with E-state index in [-0.39, 0.29) is 11.4 Å². The van der Waals surface area contributed by atoms with E-state index in [2.05, 4.69) is 20.3 Å². The minimum atomic E-state index is -1.00. The molecule has 1 radical (unpaired) electrons. The number of aromatic nitrogens is 1. The highest BCUT2D eigenvalue weighted by Crippen LogP contribution is 2.15. The van der Waals surface area contributed by atoms with Crippen LogP contribution in [0.25, 0.3) is 0 Å². The molecular weight excluding hydrogens is 220 g/mol. The summed E-state index contributed by atoms with van der Waals surface area (Å²) in [7, 11) is 1.26. The fourth-order valence-electron chi connectivity index (χ4n) is 0.795. The predicted octanol–water partition coefficient (Wildman–Crippen LogP) is -0.129. The van der Waals surface area contributed by atoms with Crippen molar-refractivity contribution in [3.05, 3.63) is 11.1 Å². The van der Waals surface area contributed by atoms with Crippen LogP contribution >= 0.6 is 11.3 Å². The Hall–Kier alpha value is -1.96. The zero-order valence-corrected chi connectivity index (χ0v) is 8.50. The van der Waals surface area contributed by atoms with Crippen molar-refractivity contribution in [3.8, 4) is 0 Å². The van der Waals surface area contributed by atoms with E-state index >= 15 is 0 Å². The summed E-state index contributed by atoms with van der Waals surface area (Å²) in [5.74, 6) is -1.00. The molecule has 79 valence electrons. The zero-order valence-electron chi connectivity index (χ0n) is 7.68. The lowest BCUT2D eigenvalue weighted by atomic mass is 10.3. The topological polar surface area (TPSA) is 104 Å². The fraction of sp³-hybridized carbons (Fsp3) is 0.143. The molecule has 1 aromatic rings. The van der Waals surface area contributed by atoms with Crippen molar-refractivity contribution in [1.82, 2.24) is 10.7 Å². The first-order valence-corrected chi connectivity index (χ1v) is 4.60. The third-order valence-corrected chi connectivity index (χ3v) is 2.10. The summed E-state index contributed by atoms with van der Waals surface area (Å²) in [5.41, 5.74) is 6.91. The third kappa shape index (κ3) is 2.74. The van der Waals surface area contributed by atoms with Gasteiger partial charge >= 0.3 is 0 Å². The monoisotopic (exact) mass is 227 g/mol. The molecule has 0 atom stereocenters. The van der Waals surface area contributed by atoms with Gasteiger partial charge in [0.15, 0.2) is 10.8 Å². The molecule has 1 rings (SSSR count). The summed E-state index contributed by atoms with van der Waals surface area (Å²) in [6.45, 7) is 0. The van der Waals surface area contributed by atoms with Crippen molar-refractivity contribution in [2.24, 2.45) is 5.16 Å². The molecule has 0 bridgehead atoms. The molecule has 0 aliphatic carbocycles. The van der Waals surface area contributed by atoms with E-state index in [1.165, 1.54) is 12.5 Å². The second-order valence-electron chi connectivity index (χ2n) is 2.25. The Morgan fingerprint density at radius 2 is 2.53 bits per heavy atom. The van der Waals surface area contributed by atoms with Crippen LogP contribution in [0.5, 0.6) is 0 Å². The van der Waals surface area contributed by atoms with Gasteiger partial charge in [0.25, 0.3) is 5.91 Å². The number of hydrogen-bond donors (Lipinski definition) is 1. The molecule has 15 heavy (non-hydrogen) atoms. The van der Waals surface area contributed by atoms with Crippen LogP contribution in [0.15, 0.2) is 10.5 Å². The maximum absolute atomic E-state index is 10.8. The highest BCUT2D eigenvalue weighted by Gasteiger charge is 2.15. The van der Waals surface area contributed by atoms with E-state index in [9.17, 15) is 9.59 Å². The molecule has 1 aromatic heterocycles. The minimum Gasteiger partial charge on any atom is -0.398 e. The van der Waals surface area contributed by atoms with Crippen LogP contribution in [0.1, 0.15) is 5.69 Å². The molecule has 2 N–H and O–H groups in total. The van der Waals surface area contributed by atoms with Gasteiger partial charge in [-0.2, -0.15) is 0 Å². The molecule has 0 spiro atoms. The van der Waals surface area contributed by atoms with Crippen molar-refractivity contribution in [1.29, 1.82) is 0 Å². The smallest absolute Gasteiger partial charge is 0.294 e. The van der Waals surface area contributed by atoms with E-state index in [1.54, 1.807) is 0 Å². The number of thiazole rings is 1. The first kappa shape index (κ1) is 11.1. The Labute approximate surface area is 88.9 Å². The Morgan fingerprint density at radius 1 is 1.80 bits per heavy atom. The Bertz CT molecular complexity index is 401. The molecule has 0 unspecified atom stereocenters. The number of hydrogen-bond acceptors (Lipinski definition) is 6. The van der Waals surface area contributed by atoms with Crippen LogP contribution in [-0.2, 0) is 14.4 Å². The molecule has 0 aromatic carbocycles. The molecule has 0 saturated heterocycles. The molecule has 0 saturated carbocycles. The number of nitrogens with zero attached hydrogens (tertiary/aromatic N) is 2. The van der Waals surface area contributed by atoms with Crippen molar-refractivity contribution in [3.63, 3.8) is 0 Å². The third-order valence-electron chi connectivity index (χ3n) is 1.33. The van der Waals surface area contributed by atoms with Crippen molar-refractivity contribution >= 4 is 34.5 Å². The van der Waals surface area contributed by atoms with Crippen LogP contribution < -0.4 is 11.1 Å². The first-order valence-electron chi connectivity index (χ1n) is 3.72. The highest BCUT2D eigenvalue weighted by molar-refractivity contribution is 7.14. The van der Waals surface area contributed by atoms with Gasteiger partial charge in [0, 0.05) is 5.38 Å². The summed E-state index contributed by atoms with van der Waals surface area (Å²) in [6, 6.07) is 0. The summed E-state index contributed by atoms with van der Waals surface area (Å²) in [6.07, 6.45) is 0.471. The average Bonchev–Trinajstić information content (AvgIpc) is 2.62. The molecule has 2 amide bonds. The molecule has 0 fully saturated rings. The summed E-state index contributed by atoms with van der Waals surface area (Å²) < 4.78 is 0. The number of nitrogens with one attached hydrogen (secondary N) is 2. The fourth-order valence-corrected chi connectivity index (χ4v) is 1.45. The number of carbonyl (C=O) groups is 2.